The lowest BCUT2D eigenvalue weighted by atomic mass is 10.1. The highest BCUT2D eigenvalue weighted by molar-refractivity contribution is 5.93. The summed E-state index contributed by atoms with van der Waals surface area (Å²) < 4.78 is 34.6. The van der Waals surface area contributed by atoms with E-state index < -0.39 is 0 Å². The van der Waals surface area contributed by atoms with Crippen LogP contribution in [0.5, 0.6) is 23.0 Å². The Labute approximate surface area is 197 Å². The van der Waals surface area contributed by atoms with Gasteiger partial charge in [-0.05, 0) is 24.3 Å². The van der Waals surface area contributed by atoms with Crippen molar-refractivity contribution in [3.8, 4) is 23.0 Å². The third-order valence-electron chi connectivity index (χ3n) is 5.94. The highest BCUT2D eigenvalue weighted by Gasteiger charge is 2.24. The van der Waals surface area contributed by atoms with Crippen LogP contribution in [0.2, 0.25) is 0 Å². The first-order chi connectivity index (χ1) is 16.8. The second-order valence-electron chi connectivity index (χ2n) is 8.44. The van der Waals surface area contributed by atoms with E-state index in [9.17, 15) is 0 Å². The summed E-state index contributed by atoms with van der Waals surface area (Å²) in [5, 5.41) is 4.09. The molecule has 2 saturated heterocycles. The van der Waals surface area contributed by atoms with Gasteiger partial charge in [0.15, 0.2) is 0 Å². The average Bonchev–Trinajstić information content (AvgIpc) is 3.80. The first kappa shape index (κ1) is 21.1. The molecule has 0 aromatic heterocycles. The highest BCUT2D eigenvalue weighted by atomic mass is 16.6. The fourth-order valence-corrected chi connectivity index (χ4v) is 4.01. The molecule has 0 N–H and O–H groups in total. The molecule has 6 heteroatoms. The number of rotatable bonds is 11. The molecule has 2 atom stereocenters. The largest absolute Gasteiger partial charge is 0.490 e. The molecule has 4 aromatic carbocycles. The lowest BCUT2D eigenvalue weighted by Gasteiger charge is -2.14. The van der Waals surface area contributed by atoms with Crippen LogP contribution in [-0.2, 0) is 9.47 Å². The molecule has 174 valence electrons. The highest BCUT2D eigenvalue weighted by Crippen LogP contribution is 2.34. The van der Waals surface area contributed by atoms with Crippen LogP contribution in [0.4, 0.5) is 0 Å². The molecule has 2 heterocycles. The first-order valence-corrected chi connectivity index (χ1v) is 11.6. The lowest BCUT2D eigenvalue weighted by Crippen LogP contribution is -2.09. The van der Waals surface area contributed by atoms with Crippen molar-refractivity contribution in [1.29, 1.82) is 0 Å². The van der Waals surface area contributed by atoms with E-state index in [2.05, 4.69) is 0 Å². The maximum atomic E-state index is 6.10. The second kappa shape index (κ2) is 9.41. The van der Waals surface area contributed by atoms with Crippen molar-refractivity contribution in [1.82, 2.24) is 0 Å². The molecular weight excluding hydrogens is 432 g/mol. The quantitative estimate of drug-likeness (QED) is 0.233. The number of fused-ring (bicyclic) bond motifs is 2. The SMILES string of the molecule is c1cc(OCC2CO2)c2cccc(OCCOc3cccc4c(OCC5CO5)cccc34)c2c1. The van der Waals surface area contributed by atoms with Gasteiger partial charge in [-0.3, -0.25) is 0 Å². The van der Waals surface area contributed by atoms with E-state index in [0.717, 1.165) is 57.8 Å². The van der Waals surface area contributed by atoms with Gasteiger partial charge in [0.25, 0.3) is 0 Å². The summed E-state index contributed by atoms with van der Waals surface area (Å²) in [6, 6.07) is 24.0. The monoisotopic (exact) mass is 458 g/mol. The molecule has 2 fully saturated rings. The molecule has 2 aliphatic rings. The molecule has 0 radical (unpaired) electrons. The van der Waals surface area contributed by atoms with Crippen LogP contribution < -0.4 is 18.9 Å². The van der Waals surface area contributed by atoms with E-state index in [1.54, 1.807) is 0 Å². The maximum absolute atomic E-state index is 6.10. The van der Waals surface area contributed by atoms with Crippen LogP contribution in [0.25, 0.3) is 21.5 Å². The first-order valence-electron chi connectivity index (χ1n) is 11.6. The van der Waals surface area contributed by atoms with Gasteiger partial charge in [0.05, 0.1) is 13.2 Å². The number of ether oxygens (including phenoxy) is 6. The summed E-state index contributed by atoms with van der Waals surface area (Å²) in [7, 11) is 0. The van der Waals surface area contributed by atoms with Crippen molar-refractivity contribution in [2.24, 2.45) is 0 Å². The van der Waals surface area contributed by atoms with Crippen LogP contribution in [0.15, 0.2) is 72.8 Å². The zero-order chi connectivity index (χ0) is 22.7. The number of hydrogen-bond donors (Lipinski definition) is 0. The Kier molecular flexibility index (Phi) is 5.83. The fraction of sp³-hybridized carbons (Fsp3) is 0.286. The molecular formula is C28H26O6. The van der Waals surface area contributed by atoms with Crippen LogP contribution in [0.1, 0.15) is 0 Å². The van der Waals surface area contributed by atoms with Gasteiger partial charge in [-0.1, -0.05) is 48.5 Å². The standard InChI is InChI=1S/C28H26O6/c1-7-23-21(5-3-11-27(23)33-17-19-15-31-19)25(9-1)29-13-14-30-26-10-2-8-24-22(26)6-4-12-28(24)34-18-20-16-32-20/h1-12,19-20H,13-18H2. The summed E-state index contributed by atoms with van der Waals surface area (Å²) >= 11 is 0. The van der Waals surface area contributed by atoms with E-state index >= 15 is 0 Å². The number of benzene rings is 4. The van der Waals surface area contributed by atoms with Gasteiger partial charge < -0.3 is 28.4 Å². The Morgan fingerprint density at radius 1 is 0.500 bits per heavy atom. The van der Waals surface area contributed by atoms with Crippen molar-refractivity contribution in [3.63, 3.8) is 0 Å². The smallest absolute Gasteiger partial charge is 0.127 e. The average molecular weight is 459 g/mol. The minimum absolute atomic E-state index is 0.218. The third kappa shape index (κ3) is 4.74. The van der Waals surface area contributed by atoms with Gasteiger partial charge in [-0.25, -0.2) is 0 Å². The topological polar surface area (TPSA) is 62.0 Å². The molecule has 6 nitrogen and oxygen atoms in total. The molecule has 6 rings (SSSR count). The molecule has 0 saturated carbocycles. The Balaban J connectivity index is 1.11. The number of epoxide rings is 2. The maximum Gasteiger partial charge on any atom is 0.127 e. The van der Waals surface area contributed by atoms with Crippen molar-refractivity contribution in [3.05, 3.63) is 72.8 Å². The Bertz CT molecular complexity index is 1190. The predicted molar refractivity (Wildman–Crippen MR) is 129 cm³/mol. The van der Waals surface area contributed by atoms with Gasteiger partial charge in [-0.2, -0.15) is 0 Å². The molecule has 0 aliphatic carbocycles. The van der Waals surface area contributed by atoms with Gasteiger partial charge in [0, 0.05) is 21.5 Å². The van der Waals surface area contributed by atoms with Gasteiger partial charge in [0.2, 0.25) is 0 Å². The lowest BCUT2D eigenvalue weighted by molar-refractivity contribution is 0.220. The summed E-state index contributed by atoms with van der Waals surface area (Å²) in [6.45, 7) is 3.55. The summed E-state index contributed by atoms with van der Waals surface area (Å²) in [6.07, 6.45) is 0.437. The zero-order valence-electron chi connectivity index (χ0n) is 18.8. The Morgan fingerprint density at radius 2 is 0.824 bits per heavy atom. The van der Waals surface area contributed by atoms with E-state index in [-0.39, 0.29) is 12.2 Å². The van der Waals surface area contributed by atoms with Crippen molar-refractivity contribution in [2.75, 3.05) is 39.6 Å². The molecule has 0 amide bonds. The minimum atomic E-state index is 0.218. The van der Waals surface area contributed by atoms with E-state index in [0.29, 0.717) is 26.4 Å². The molecule has 0 spiro atoms. The van der Waals surface area contributed by atoms with Gasteiger partial charge >= 0.3 is 0 Å². The molecule has 2 unspecified atom stereocenters. The number of hydrogen-bond acceptors (Lipinski definition) is 6. The van der Waals surface area contributed by atoms with Crippen LogP contribution in [0.3, 0.4) is 0 Å². The summed E-state index contributed by atoms with van der Waals surface area (Å²) in [5.41, 5.74) is 0. The molecule has 2 aliphatic heterocycles. The van der Waals surface area contributed by atoms with Crippen LogP contribution in [-0.4, -0.2) is 51.8 Å². The zero-order valence-corrected chi connectivity index (χ0v) is 18.8. The summed E-state index contributed by atoms with van der Waals surface area (Å²) in [4.78, 5) is 0. The molecule has 0 bridgehead atoms. The van der Waals surface area contributed by atoms with Crippen molar-refractivity contribution in [2.45, 2.75) is 12.2 Å². The van der Waals surface area contributed by atoms with Gasteiger partial charge in [0.1, 0.15) is 61.6 Å². The third-order valence-corrected chi connectivity index (χ3v) is 5.94. The van der Waals surface area contributed by atoms with Crippen LogP contribution in [0, 0.1) is 0 Å². The van der Waals surface area contributed by atoms with E-state index in [4.69, 9.17) is 28.4 Å². The van der Waals surface area contributed by atoms with Crippen molar-refractivity contribution >= 4 is 21.5 Å². The fourth-order valence-electron chi connectivity index (χ4n) is 4.01. The van der Waals surface area contributed by atoms with E-state index in [1.807, 2.05) is 72.8 Å². The van der Waals surface area contributed by atoms with Gasteiger partial charge in [-0.15, -0.1) is 0 Å². The normalized spacial score (nSPS) is 18.6. The molecule has 34 heavy (non-hydrogen) atoms. The van der Waals surface area contributed by atoms with Crippen molar-refractivity contribution < 1.29 is 28.4 Å². The van der Waals surface area contributed by atoms with E-state index in [1.165, 1.54) is 0 Å². The molecule has 4 aromatic rings. The summed E-state index contributed by atoms with van der Waals surface area (Å²) in [5.74, 6) is 3.31. The predicted octanol–water partition coefficient (Wildman–Crippen LogP) is 5.01. The Hall–Kier alpha value is -3.48. The Morgan fingerprint density at radius 3 is 1.15 bits per heavy atom. The van der Waals surface area contributed by atoms with Crippen LogP contribution >= 0.6 is 0 Å². The second-order valence-corrected chi connectivity index (χ2v) is 8.44. The minimum Gasteiger partial charge on any atom is -0.490 e.